The molecule has 2 rings (SSSR count). The highest BCUT2D eigenvalue weighted by atomic mass is 19.4. The van der Waals surface area contributed by atoms with Crippen molar-refractivity contribution in [3.8, 4) is 6.07 Å². The molecule has 0 amide bonds. The van der Waals surface area contributed by atoms with Crippen LogP contribution in [-0.4, -0.2) is 19.1 Å². The zero-order chi connectivity index (χ0) is 16.3. The SMILES string of the molecule is COC(=O)[C@H]1CC[C@@H](Nc2ccc(C(F)(F)F)cc2C#N)C1. The number of esters is 1. The van der Waals surface area contributed by atoms with Gasteiger partial charge in [0, 0.05) is 6.04 Å². The summed E-state index contributed by atoms with van der Waals surface area (Å²) in [5, 5.41) is 12.1. The summed E-state index contributed by atoms with van der Waals surface area (Å²) in [7, 11) is 1.33. The summed E-state index contributed by atoms with van der Waals surface area (Å²) in [4.78, 5) is 11.5. The summed E-state index contributed by atoms with van der Waals surface area (Å²) < 4.78 is 42.6. The van der Waals surface area contributed by atoms with Gasteiger partial charge in [0.1, 0.15) is 6.07 Å². The van der Waals surface area contributed by atoms with E-state index in [4.69, 9.17) is 5.26 Å². The van der Waals surface area contributed by atoms with E-state index in [1.807, 2.05) is 0 Å². The van der Waals surface area contributed by atoms with E-state index in [2.05, 4.69) is 10.1 Å². The summed E-state index contributed by atoms with van der Waals surface area (Å²) in [5.74, 6) is -0.486. The van der Waals surface area contributed by atoms with Gasteiger partial charge in [-0.2, -0.15) is 18.4 Å². The summed E-state index contributed by atoms with van der Waals surface area (Å²) in [5.41, 5.74) is -0.559. The molecule has 0 spiro atoms. The Kier molecular flexibility index (Phi) is 4.59. The number of nitriles is 1. The Morgan fingerprint density at radius 2 is 2.14 bits per heavy atom. The van der Waals surface area contributed by atoms with Crippen LogP contribution in [0.4, 0.5) is 18.9 Å². The first-order valence-corrected chi connectivity index (χ1v) is 6.81. The Labute approximate surface area is 125 Å². The quantitative estimate of drug-likeness (QED) is 0.870. The molecule has 1 aliphatic carbocycles. The molecule has 1 aliphatic rings. The van der Waals surface area contributed by atoms with Gasteiger partial charge in [-0.1, -0.05) is 0 Å². The van der Waals surface area contributed by atoms with Crippen LogP contribution in [0.25, 0.3) is 0 Å². The molecule has 7 heteroatoms. The number of carbonyl (C=O) groups is 1. The molecule has 1 fully saturated rings. The fourth-order valence-corrected chi connectivity index (χ4v) is 2.65. The lowest BCUT2D eigenvalue weighted by atomic mass is 10.1. The Morgan fingerprint density at radius 3 is 2.73 bits per heavy atom. The molecule has 1 saturated carbocycles. The topological polar surface area (TPSA) is 62.1 Å². The van der Waals surface area contributed by atoms with Crippen molar-refractivity contribution in [3.63, 3.8) is 0 Å². The molecule has 4 nitrogen and oxygen atoms in total. The van der Waals surface area contributed by atoms with Crippen LogP contribution in [0.15, 0.2) is 18.2 Å². The number of hydrogen-bond acceptors (Lipinski definition) is 4. The first-order valence-electron chi connectivity index (χ1n) is 6.81. The van der Waals surface area contributed by atoms with Crippen LogP contribution in [0.3, 0.4) is 0 Å². The summed E-state index contributed by atoms with van der Waals surface area (Å²) in [6.45, 7) is 0. The first kappa shape index (κ1) is 16.1. The van der Waals surface area contributed by atoms with Gasteiger partial charge in [-0.15, -0.1) is 0 Å². The van der Waals surface area contributed by atoms with E-state index in [1.54, 1.807) is 6.07 Å². The number of anilines is 1. The largest absolute Gasteiger partial charge is 0.469 e. The zero-order valence-corrected chi connectivity index (χ0v) is 11.9. The minimum Gasteiger partial charge on any atom is -0.469 e. The lowest BCUT2D eigenvalue weighted by molar-refractivity contribution is -0.145. The minimum absolute atomic E-state index is 0.0589. The average molecular weight is 312 g/mol. The second-order valence-electron chi connectivity index (χ2n) is 5.24. The molecule has 22 heavy (non-hydrogen) atoms. The standard InChI is InChI=1S/C15H15F3N2O2/c1-22-14(21)9-2-4-12(7-9)20-13-5-3-11(15(16,17)18)6-10(13)8-19/h3,5-6,9,12,20H,2,4,7H2,1H3/t9-,12+/m0/s1. The van der Waals surface area contributed by atoms with E-state index in [-0.39, 0.29) is 23.5 Å². The molecule has 118 valence electrons. The van der Waals surface area contributed by atoms with Crippen LogP contribution in [0.2, 0.25) is 0 Å². The predicted molar refractivity (Wildman–Crippen MR) is 72.9 cm³/mol. The molecule has 0 radical (unpaired) electrons. The minimum atomic E-state index is -4.48. The molecule has 0 heterocycles. The highest BCUT2D eigenvalue weighted by Gasteiger charge is 2.33. The zero-order valence-electron chi connectivity index (χ0n) is 11.9. The summed E-state index contributed by atoms with van der Waals surface area (Å²) in [6, 6.07) is 4.74. The first-order chi connectivity index (χ1) is 10.3. The maximum Gasteiger partial charge on any atom is 0.416 e. The highest BCUT2D eigenvalue weighted by molar-refractivity contribution is 5.73. The van der Waals surface area contributed by atoms with Crippen LogP contribution in [0.5, 0.6) is 0 Å². The molecular weight excluding hydrogens is 297 g/mol. The van der Waals surface area contributed by atoms with Crippen LogP contribution in [0.1, 0.15) is 30.4 Å². The number of halogens is 3. The second-order valence-corrected chi connectivity index (χ2v) is 5.24. The van der Waals surface area contributed by atoms with Gasteiger partial charge >= 0.3 is 12.1 Å². The Bertz CT molecular complexity index is 608. The number of rotatable bonds is 3. The Balaban J connectivity index is 2.11. The van der Waals surface area contributed by atoms with E-state index in [0.717, 1.165) is 12.1 Å². The van der Waals surface area contributed by atoms with Crippen LogP contribution >= 0.6 is 0 Å². The molecule has 1 aromatic carbocycles. The number of ether oxygens (including phenoxy) is 1. The van der Waals surface area contributed by atoms with Crippen molar-refractivity contribution in [2.24, 2.45) is 5.92 Å². The number of nitrogens with zero attached hydrogens (tertiary/aromatic N) is 1. The summed E-state index contributed by atoms with van der Waals surface area (Å²) in [6.07, 6.45) is -2.58. The van der Waals surface area contributed by atoms with Crippen molar-refractivity contribution in [2.45, 2.75) is 31.5 Å². The number of carbonyl (C=O) groups excluding carboxylic acids is 1. The van der Waals surface area contributed by atoms with Crippen LogP contribution in [-0.2, 0) is 15.7 Å². The molecule has 0 bridgehead atoms. The van der Waals surface area contributed by atoms with E-state index >= 15 is 0 Å². The molecule has 2 atom stereocenters. The number of alkyl halides is 3. The van der Waals surface area contributed by atoms with Crippen molar-refractivity contribution < 1.29 is 22.7 Å². The van der Waals surface area contributed by atoms with Crippen molar-refractivity contribution >= 4 is 11.7 Å². The summed E-state index contributed by atoms with van der Waals surface area (Å²) >= 11 is 0. The maximum absolute atomic E-state index is 12.6. The van der Waals surface area contributed by atoms with Gasteiger partial charge in [0.25, 0.3) is 0 Å². The normalized spacial score (nSPS) is 21.2. The third-order valence-electron chi connectivity index (χ3n) is 3.79. The predicted octanol–water partition coefficient (Wildman–Crippen LogP) is 3.33. The number of nitrogens with one attached hydrogen (secondary N) is 1. The van der Waals surface area contributed by atoms with Crippen molar-refractivity contribution in [1.82, 2.24) is 0 Å². The van der Waals surface area contributed by atoms with Gasteiger partial charge in [-0.05, 0) is 37.5 Å². The third kappa shape index (κ3) is 3.50. The van der Waals surface area contributed by atoms with Crippen LogP contribution in [0, 0.1) is 17.2 Å². The van der Waals surface area contributed by atoms with Gasteiger partial charge in [0.15, 0.2) is 0 Å². The molecule has 0 saturated heterocycles. The van der Waals surface area contributed by atoms with Crippen LogP contribution < -0.4 is 5.32 Å². The molecule has 0 aliphatic heterocycles. The fraction of sp³-hybridized carbons (Fsp3) is 0.467. The molecule has 0 aromatic heterocycles. The van der Waals surface area contributed by atoms with Crippen molar-refractivity contribution in [2.75, 3.05) is 12.4 Å². The third-order valence-corrected chi connectivity index (χ3v) is 3.79. The second kappa shape index (κ2) is 6.26. The Hall–Kier alpha value is -2.23. The highest BCUT2D eigenvalue weighted by Crippen LogP contribution is 2.33. The fourth-order valence-electron chi connectivity index (χ4n) is 2.65. The van der Waals surface area contributed by atoms with E-state index in [0.29, 0.717) is 24.9 Å². The number of hydrogen-bond donors (Lipinski definition) is 1. The molecule has 1 aromatic rings. The number of methoxy groups -OCH3 is 1. The van der Waals surface area contributed by atoms with E-state index in [9.17, 15) is 18.0 Å². The number of benzene rings is 1. The molecular formula is C15H15F3N2O2. The lowest BCUT2D eigenvalue weighted by Gasteiger charge is -2.16. The van der Waals surface area contributed by atoms with Gasteiger partial charge in [0.05, 0.1) is 29.8 Å². The van der Waals surface area contributed by atoms with Gasteiger partial charge in [-0.3, -0.25) is 4.79 Å². The smallest absolute Gasteiger partial charge is 0.416 e. The molecule has 0 unspecified atom stereocenters. The average Bonchev–Trinajstić information content (AvgIpc) is 2.94. The monoisotopic (exact) mass is 312 g/mol. The molecule has 1 N–H and O–H groups in total. The van der Waals surface area contributed by atoms with E-state index < -0.39 is 11.7 Å². The van der Waals surface area contributed by atoms with Crippen molar-refractivity contribution in [3.05, 3.63) is 29.3 Å². The lowest BCUT2D eigenvalue weighted by Crippen LogP contribution is -2.19. The van der Waals surface area contributed by atoms with Crippen molar-refractivity contribution in [1.29, 1.82) is 5.26 Å². The van der Waals surface area contributed by atoms with Gasteiger partial charge in [-0.25, -0.2) is 0 Å². The van der Waals surface area contributed by atoms with Gasteiger partial charge in [0.2, 0.25) is 0 Å². The van der Waals surface area contributed by atoms with E-state index in [1.165, 1.54) is 13.2 Å². The maximum atomic E-state index is 12.6. The van der Waals surface area contributed by atoms with Gasteiger partial charge < -0.3 is 10.1 Å². The Morgan fingerprint density at radius 1 is 1.41 bits per heavy atom.